The molecule has 9 heavy (non-hydrogen) atoms. The Morgan fingerprint density at radius 1 is 1.11 bits per heavy atom. The molecule has 0 aliphatic rings. The minimum Gasteiger partial charge on any atom is -1.00 e. The van der Waals surface area contributed by atoms with E-state index in [-0.39, 0.29) is 31.0 Å². The van der Waals surface area contributed by atoms with Crippen LogP contribution in [0, 0.1) is 0 Å². The minimum absolute atomic E-state index is 0. The average Bonchev–Trinajstić information content (AvgIpc) is 1.83. The van der Waals surface area contributed by atoms with Gasteiger partial charge in [-0.1, -0.05) is 20.8 Å². The van der Waals surface area contributed by atoms with E-state index in [1.165, 1.54) is 26.1 Å². The van der Waals surface area contributed by atoms with Gasteiger partial charge in [0.05, 0.1) is 0 Å². The van der Waals surface area contributed by atoms with E-state index in [0.29, 0.717) is 0 Å². The van der Waals surface area contributed by atoms with Crippen LogP contribution in [-0.2, 0) is 0 Å². The van der Waals surface area contributed by atoms with Crippen LogP contribution in [0.15, 0.2) is 0 Å². The third-order valence-electron chi connectivity index (χ3n) is 1.43. The topological polar surface area (TPSA) is 3.24 Å². The standard InChI is InChI=1S/C7H17N.Na.H/c1-4-7-8(5-2)6-3;;/h4-7H2,1-3H3;;/q;+1;-1. The summed E-state index contributed by atoms with van der Waals surface area (Å²) in [6.45, 7) is 10.3. The van der Waals surface area contributed by atoms with Gasteiger partial charge in [-0.15, -0.1) is 0 Å². The van der Waals surface area contributed by atoms with Gasteiger partial charge >= 0.3 is 29.6 Å². The molecule has 0 aliphatic carbocycles. The number of rotatable bonds is 4. The van der Waals surface area contributed by atoms with E-state index in [2.05, 4.69) is 25.7 Å². The fourth-order valence-electron chi connectivity index (χ4n) is 0.856. The number of nitrogens with zero attached hydrogens (tertiary/aromatic N) is 1. The van der Waals surface area contributed by atoms with Gasteiger partial charge in [0.2, 0.25) is 0 Å². The second-order valence-corrected chi connectivity index (χ2v) is 2.03. The molecule has 0 bridgehead atoms. The van der Waals surface area contributed by atoms with E-state index in [0.717, 1.165) is 0 Å². The van der Waals surface area contributed by atoms with Crippen LogP contribution in [0.4, 0.5) is 0 Å². The van der Waals surface area contributed by atoms with Crippen LogP contribution in [0.5, 0.6) is 0 Å². The van der Waals surface area contributed by atoms with Crippen molar-refractivity contribution in [2.45, 2.75) is 27.2 Å². The van der Waals surface area contributed by atoms with Crippen molar-refractivity contribution in [3.8, 4) is 0 Å². The molecule has 0 fully saturated rings. The van der Waals surface area contributed by atoms with E-state index in [9.17, 15) is 0 Å². The Balaban J connectivity index is -0.000000245. The molecule has 2 heteroatoms. The van der Waals surface area contributed by atoms with Gasteiger partial charge in [-0.25, -0.2) is 0 Å². The second kappa shape index (κ2) is 8.96. The molecule has 0 saturated carbocycles. The van der Waals surface area contributed by atoms with Crippen molar-refractivity contribution in [2.75, 3.05) is 19.6 Å². The smallest absolute Gasteiger partial charge is 1.00 e. The predicted molar refractivity (Wildman–Crippen MR) is 39.2 cm³/mol. The molecule has 0 rings (SSSR count). The Labute approximate surface area is 82.6 Å². The fraction of sp³-hybridized carbons (Fsp3) is 1.00. The largest absolute Gasteiger partial charge is 1.00 e. The Hall–Kier alpha value is 0.960. The predicted octanol–water partition coefficient (Wildman–Crippen LogP) is -1.15. The van der Waals surface area contributed by atoms with Crippen LogP contribution in [-0.4, -0.2) is 24.5 Å². The average molecular weight is 139 g/mol. The molecule has 0 N–H and O–H groups in total. The molecule has 0 heterocycles. The van der Waals surface area contributed by atoms with Crippen molar-refractivity contribution >= 4 is 0 Å². The van der Waals surface area contributed by atoms with Gasteiger partial charge in [0.25, 0.3) is 0 Å². The molecular formula is C7H18NNa. The molecule has 0 atom stereocenters. The van der Waals surface area contributed by atoms with Gasteiger partial charge in [-0.05, 0) is 26.1 Å². The monoisotopic (exact) mass is 139 g/mol. The SMILES string of the molecule is CCCN(CC)CC.[H-].[Na+]. The normalized spacial score (nSPS) is 9.33. The molecule has 0 unspecified atom stereocenters. The van der Waals surface area contributed by atoms with Crippen molar-refractivity contribution in [3.63, 3.8) is 0 Å². The maximum absolute atomic E-state index is 2.43. The second-order valence-electron chi connectivity index (χ2n) is 2.03. The zero-order valence-electron chi connectivity index (χ0n) is 8.28. The first-order chi connectivity index (χ1) is 3.85. The fourth-order valence-corrected chi connectivity index (χ4v) is 0.856. The van der Waals surface area contributed by atoms with Crippen LogP contribution >= 0.6 is 0 Å². The molecule has 0 spiro atoms. The van der Waals surface area contributed by atoms with Crippen LogP contribution in [0.1, 0.15) is 28.6 Å². The van der Waals surface area contributed by atoms with Gasteiger partial charge in [0.1, 0.15) is 0 Å². The van der Waals surface area contributed by atoms with Crippen LogP contribution in [0.2, 0.25) is 0 Å². The first-order valence-corrected chi connectivity index (χ1v) is 3.57. The van der Waals surface area contributed by atoms with E-state index in [1.807, 2.05) is 0 Å². The summed E-state index contributed by atoms with van der Waals surface area (Å²) in [7, 11) is 0. The maximum atomic E-state index is 2.43. The number of hydrogen-bond donors (Lipinski definition) is 0. The van der Waals surface area contributed by atoms with Crippen molar-refractivity contribution in [1.82, 2.24) is 4.90 Å². The summed E-state index contributed by atoms with van der Waals surface area (Å²) in [6.07, 6.45) is 1.28. The third kappa shape index (κ3) is 6.85. The molecular weight excluding hydrogens is 121 g/mol. The molecule has 0 saturated heterocycles. The Kier molecular flexibility index (Phi) is 12.6. The summed E-state index contributed by atoms with van der Waals surface area (Å²) < 4.78 is 0. The van der Waals surface area contributed by atoms with Gasteiger partial charge in [-0.3, -0.25) is 0 Å². The van der Waals surface area contributed by atoms with E-state index in [1.54, 1.807) is 0 Å². The van der Waals surface area contributed by atoms with E-state index >= 15 is 0 Å². The van der Waals surface area contributed by atoms with Gasteiger partial charge in [0.15, 0.2) is 0 Å². The quantitative estimate of drug-likeness (QED) is 0.445. The van der Waals surface area contributed by atoms with Crippen LogP contribution in [0.25, 0.3) is 0 Å². The molecule has 0 aromatic heterocycles. The zero-order valence-corrected chi connectivity index (χ0v) is 9.28. The van der Waals surface area contributed by atoms with E-state index < -0.39 is 0 Å². The summed E-state index contributed by atoms with van der Waals surface area (Å²) in [6, 6.07) is 0. The van der Waals surface area contributed by atoms with Crippen molar-refractivity contribution in [3.05, 3.63) is 0 Å². The van der Waals surface area contributed by atoms with Gasteiger partial charge in [-0.2, -0.15) is 0 Å². The Morgan fingerprint density at radius 2 is 1.56 bits per heavy atom. The summed E-state index contributed by atoms with van der Waals surface area (Å²) in [4.78, 5) is 2.43. The molecule has 1 nitrogen and oxygen atoms in total. The maximum Gasteiger partial charge on any atom is 1.00 e. The van der Waals surface area contributed by atoms with Crippen molar-refractivity contribution < 1.29 is 31.0 Å². The molecule has 0 amide bonds. The molecule has 52 valence electrons. The molecule has 0 aromatic rings. The Bertz CT molecular complexity index is 48.9. The molecule has 0 aliphatic heterocycles. The Morgan fingerprint density at radius 3 is 1.67 bits per heavy atom. The van der Waals surface area contributed by atoms with E-state index in [4.69, 9.17) is 0 Å². The number of hydrogen-bond acceptors (Lipinski definition) is 1. The molecule has 0 aromatic carbocycles. The van der Waals surface area contributed by atoms with Gasteiger partial charge < -0.3 is 6.33 Å². The summed E-state index contributed by atoms with van der Waals surface area (Å²) in [5.74, 6) is 0. The first-order valence-electron chi connectivity index (χ1n) is 3.57. The van der Waals surface area contributed by atoms with Gasteiger partial charge in [0, 0.05) is 0 Å². The summed E-state index contributed by atoms with van der Waals surface area (Å²) >= 11 is 0. The summed E-state index contributed by atoms with van der Waals surface area (Å²) in [5.41, 5.74) is 0. The minimum atomic E-state index is 0. The van der Waals surface area contributed by atoms with Crippen molar-refractivity contribution in [2.24, 2.45) is 0 Å². The summed E-state index contributed by atoms with van der Waals surface area (Å²) in [5, 5.41) is 0. The third-order valence-corrected chi connectivity index (χ3v) is 1.43. The zero-order chi connectivity index (χ0) is 6.41. The molecule has 0 radical (unpaired) electrons. The van der Waals surface area contributed by atoms with Crippen LogP contribution in [0.3, 0.4) is 0 Å². The first kappa shape index (κ1) is 12.6. The van der Waals surface area contributed by atoms with Crippen molar-refractivity contribution in [1.29, 1.82) is 0 Å². The van der Waals surface area contributed by atoms with Crippen LogP contribution < -0.4 is 29.6 Å².